The molecule has 0 radical (unpaired) electrons. The maximum Gasteiger partial charge on any atom is 0.308 e. The average molecular weight is 655 g/mol. The van der Waals surface area contributed by atoms with Crippen molar-refractivity contribution in [1.29, 1.82) is 0 Å². The minimum absolute atomic E-state index is 0.0413. The van der Waals surface area contributed by atoms with Crippen LogP contribution in [0.5, 0.6) is 0 Å². The second-order valence-corrected chi connectivity index (χ2v) is 14.5. The first-order valence-corrected chi connectivity index (χ1v) is 17.4. The van der Waals surface area contributed by atoms with Crippen molar-refractivity contribution in [2.24, 2.45) is 0 Å². The molecule has 1 fully saturated rings. The smallest absolute Gasteiger partial charge is 0.308 e. The molecule has 1 aliphatic heterocycles. The van der Waals surface area contributed by atoms with Gasteiger partial charge in [-0.15, -0.1) is 0 Å². The van der Waals surface area contributed by atoms with Crippen LogP contribution in [0.4, 0.5) is 4.39 Å². The molecule has 244 valence electrons. The highest BCUT2D eigenvalue weighted by Gasteiger charge is 2.37. The second-order valence-electron chi connectivity index (χ2n) is 12.6. The number of aliphatic hydroxyl groups excluding tert-OH is 1. The maximum atomic E-state index is 14.9. The van der Waals surface area contributed by atoms with Gasteiger partial charge in [0.15, 0.2) is 0 Å². The molecule has 1 aliphatic rings. The SMILES string of the molecule is CC(C)c1c(S(=O)(=O)N(C)Cc2ccccc2)c(-c2ccc3ccccc3c2)c(-c2ccc(F)cc2)n1CC[C@@H]1C[C@@H](O)CC(=O)O1. The number of nitrogens with zero attached hydrogens (tertiary/aromatic N) is 2. The molecule has 2 heterocycles. The maximum absolute atomic E-state index is 14.9. The summed E-state index contributed by atoms with van der Waals surface area (Å²) in [5.74, 6) is -1.09. The molecule has 0 spiro atoms. The van der Waals surface area contributed by atoms with Crippen molar-refractivity contribution < 1.29 is 27.4 Å². The van der Waals surface area contributed by atoms with Gasteiger partial charge in [-0.05, 0) is 63.7 Å². The number of carbonyl (C=O) groups is 1. The van der Waals surface area contributed by atoms with Crippen LogP contribution in [-0.2, 0) is 32.6 Å². The lowest BCUT2D eigenvalue weighted by atomic mass is 9.97. The molecule has 47 heavy (non-hydrogen) atoms. The summed E-state index contributed by atoms with van der Waals surface area (Å²) < 4.78 is 53.1. The zero-order valence-corrected chi connectivity index (χ0v) is 27.6. The Hall–Kier alpha value is -4.31. The molecular formula is C38H39FN2O5S. The molecule has 1 saturated heterocycles. The molecule has 0 saturated carbocycles. The molecule has 1 N–H and O–H groups in total. The van der Waals surface area contributed by atoms with Gasteiger partial charge in [-0.1, -0.05) is 80.6 Å². The average Bonchev–Trinajstić information content (AvgIpc) is 3.40. The lowest BCUT2D eigenvalue weighted by Crippen LogP contribution is -2.33. The first-order valence-electron chi connectivity index (χ1n) is 15.9. The van der Waals surface area contributed by atoms with Gasteiger partial charge < -0.3 is 14.4 Å². The summed E-state index contributed by atoms with van der Waals surface area (Å²) in [6.07, 6.45) is -0.692. The van der Waals surface area contributed by atoms with E-state index in [-0.39, 0.29) is 23.8 Å². The van der Waals surface area contributed by atoms with Gasteiger partial charge in [-0.25, -0.2) is 12.8 Å². The molecule has 0 bridgehead atoms. The molecule has 0 amide bonds. The van der Waals surface area contributed by atoms with E-state index < -0.39 is 34.0 Å². The minimum atomic E-state index is -4.11. The normalized spacial score (nSPS) is 17.0. The number of fused-ring (bicyclic) bond motifs is 1. The topological polar surface area (TPSA) is 88.8 Å². The van der Waals surface area contributed by atoms with Gasteiger partial charge in [0, 0.05) is 44.2 Å². The van der Waals surface area contributed by atoms with Gasteiger partial charge in [0.25, 0.3) is 0 Å². The van der Waals surface area contributed by atoms with Crippen molar-refractivity contribution in [2.45, 2.75) is 69.2 Å². The first-order chi connectivity index (χ1) is 22.5. The Bertz CT molecular complexity index is 2010. The number of carbonyl (C=O) groups excluding carboxylic acids is 1. The molecular weight excluding hydrogens is 615 g/mol. The van der Waals surface area contributed by atoms with E-state index in [0.717, 1.165) is 21.9 Å². The van der Waals surface area contributed by atoms with E-state index in [9.17, 15) is 22.7 Å². The number of hydrogen-bond acceptors (Lipinski definition) is 5. The number of halogens is 1. The minimum Gasteiger partial charge on any atom is -0.462 e. The van der Waals surface area contributed by atoms with Gasteiger partial charge in [-0.2, -0.15) is 4.31 Å². The van der Waals surface area contributed by atoms with Crippen molar-refractivity contribution in [1.82, 2.24) is 8.87 Å². The number of aliphatic hydroxyl groups is 1. The van der Waals surface area contributed by atoms with E-state index in [1.807, 2.05) is 91.2 Å². The zero-order chi connectivity index (χ0) is 33.3. The number of hydrogen-bond donors (Lipinski definition) is 1. The van der Waals surface area contributed by atoms with Crippen LogP contribution in [-0.4, -0.2) is 47.6 Å². The fourth-order valence-electron chi connectivity index (χ4n) is 6.59. The quantitative estimate of drug-likeness (QED) is 0.158. The lowest BCUT2D eigenvalue weighted by molar-refractivity contribution is -0.160. The Morgan fingerprint density at radius 1 is 0.936 bits per heavy atom. The Morgan fingerprint density at radius 2 is 1.60 bits per heavy atom. The molecule has 6 rings (SSSR count). The van der Waals surface area contributed by atoms with E-state index in [1.165, 1.54) is 16.4 Å². The summed E-state index contributed by atoms with van der Waals surface area (Å²) >= 11 is 0. The number of ether oxygens (including phenoxy) is 1. The Morgan fingerprint density at radius 3 is 2.28 bits per heavy atom. The van der Waals surface area contributed by atoms with Crippen LogP contribution < -0.4 is 0 Å². The summed E-state index contributed by atoms with van der Waals surface area (Å²) in [7, 11) is -2.52. The molecule has 0 aliphatic carbocycles. The van der Waals surface area contributed by atoms with Crippen LogP contribution in [0.25, 0.3) is 33.2 Å². The summed E-state index contributed by atoms with van der Waals surface area (Å²) in [4.78, 5) is 12.4. The van der Waals surface area contributed by atoms with Crippen LogP contribution in [0.15, 0.2) is 102 Å². The monoisotopic (exact) mass is 654 g/mol. The van der Waals surface area contributed by atoms with Crippen molar-refractivity contribution >= 4 is 26.8 Å². The molecule has 2 atom stereocenters. The van der Waals surface area contributed by atoms with E-state index in [2.05, 4.69) is 0 Å². The third-order valence-electron chi connectivity index (χ3n) is 8.79. The van der Waals surface area contributed by atoms with Crippen LogP contribution >= 0.6 is 0 Å². The van der Waals surface area contributed by atoms with Crippen molar-refractivity contribution in [2.75, 3.05) is 7.05 Å². The molecule has 5 aromatic rings. The van der Waals surface area contributed by atoms with E-state index in [0.29, 0.717) is 41.9 Å². The third-order valence-corrected chi connectivity index (χ3v) is 10.7. The van der Waals surface area contributed by atoms with Gasteiger partial charge in [-0.3, -0.25) is 4.79 Å². The van der Waals surface area contributed by atoms with Crippen LogP contribution in [0.2, 0.25) is 0 Å². The predicted molar refractivity (Wildman–Crippen MR) is 182 cm³/mol. The Balaban J connectivity index is 1.62. The Kier molecular flexibility index (Phi) is 9.32. The molecule has 7 nitrogen and oxygen atoms in total. The fourth-order valence-corrected chi connectivity index (χ4v) is 8.31. The standard InChI is InChI=1S/C38H39FN2O5S/c1-25(2)36-38(47(44,45)40(3)24-26-9-5-4-6-10-26)35(30-14-13-27-11-7-8-12-29(27)21-30)37(28-15-17-31(39)18-16-28)41(36)20-19-33-22-32(42)23-34(43)46-33/h4-18,21,25,32-33,42H,19-20,22-24H2,1-3H3/t32-,33-/m1/s1. The number of esters is 1. The van der Waals surface area contributed by atoms with Crippen LogP contribution in [0.3, 0.4) is 0 Å². The van der Waals surface area contributed by atoms with E-state index in [4.69, 9.17) is 4.74 Å². The van der Waals surface area contributed by atoms with Gasteiger partial charge in [0.05, 0.1) is 18.2 Å². The van der Waals surface area contributed by atoms with Crippen LogP contribution in [0, 0.1) is 5.82 Å². The summed E-state index contributed by atoms with van der Waals surface area (Å²) in [6, 6.07) is 29.4. The van der Waals surface area contributed by atoms with Crippen molar-refractivity contribution in [3.63, 3.8) is 0 Å². The molecule has 1 aromatic heterocycles. The highest BCUT2D eigenvalue weighted by molar-refractivity contribution is 7.89. The van der Waals surface area contributed by atoms with Gasteiger partial charge in [0.1, 0.15) is 16.8 Å². The first kappa shape index (κ1) is 32.6. The van der Waals surface area contributed by atoms with Gasteiger partial charge in [0.2, 0.25) is 10.0 Å². The number of aromatic nitrogens is 1. The zero-order valence-electron chi connectivity index (χ0n) is 26.8. The summed E-state index contributed by atoms with van der Waals surface area (Å²) in [5, 5.41) is 12.3. The summed E-state index contributed by atoms with van der Waals surface area (Å²) in [6.45, 7) is 4.41. The van der Waals surface area contributed by atoms with E-state index >= 15 is 0 Å². The highest BCUT2D eigenvalue weighted by Crippen LogP contribution is 2.46. The Labute approximate surface area is 275 Å². The highest BCUT2D eigenvalue weighted by atomic mass is 32.2. The number of sulfonamides is 1. The van der Waals surface area contributed by atoms with E-state index in [1.54, 1.807) is 19.2 Å². The predicted octanol–water partition coefficient (Wildman–Crippen LogP) is 7.52. The van der Waals surface area contributed by atoms with Crippen molar-refractivity contribution in [3.05, 3.63) is 114 Å². The number of benzene rings is 4. The number of rotatable bonds is 10. The van der Waals surface area contributed by atoms with Crippen molar-refractivity contribution in [3.8, 4) is 22.4 Å². The molecule has 4 aromatic carbocycles. The van der Waals surface area contributed by atoms with Gasteiger partial charge >= 0.3 is 5.97 Å². The fraction of sp³-hybridized carbons (Fsp3) is 0.289. The summed E-state index contributed by atoms with van der Waals surface area (Å²) in [5.41, 5.74) is 4.01. The largest absolute Gasteiger partial charge is 0.462 e. The molecule has 0 unspecified atom stereocenters. The second kappa shape index (κ2) is 13.4. The lowest BCUT2D eigenvalue weighted by Gasteiger charge is -2.27. The third kappa shape index (κ3) is 6.74. The van der Waals surface area contributed by atoms with Crippen LogP contribution in [0.1, 0.15) is 50.3 Å². The number of cyclic esters (lactones) is 1. The molecule has 9 heteroatoms.